The highest BCUT2D eigenvalue weighted by molar-refractivity contribution is 9.10. The molecule has 0 aliphatic rings. The van der Waals surface area contributed by atoms with Crippen LogP contribution in [0, 0.1) is 6.92 Å². The minimum absolute atomic E-state index is 0.412. The van der Waals surface area contributed by atoms with Crippen molar-refractivity contribution in [3.05, 3.63) is 63.6 Å². The van der Waals surface area contributed by atoms with Gasteiger partial charge in [-0.05, 0) is 52.2 Å². The van der Waals surface area contributed by atoms with Crippen molar-refractivity contribution in [2.45, 2.75) is 13.5 Å². The molecular formula is C19H19BrO4. The molecule has 0 amide bonds. The van der Waals surface area contributed by atoms with E-state index in [9.17, 15) is 4.79 Å². The third kappa shape index (κ3) is 4.86. The first kappa shape index (κ1) is 18.1. The Labute approximate surface area is 150 Å². The average Bonchev–Trinajstić information content (AvgIpc) is 2.59. The molecule has 5 heteroatoms. The van der Waals surface area contributed by atoms with Crippen LogP contribution in [0.1, 0.15) is 16.7 Å². The van der Waals surface area contributed by atoms with Crippen LogP contribution < -0.4 is 9.47 Å². The van der Waals surface area contributed by atoms with Gasteiger partial charge in [0.1, 0.15) is 6.61 Å². The average molecular weight is 391 g/mol. The number of ether oxygens (including phenoxy) is 3. The van der Waals surface area contributed by atoms with Crippen molar-refractivity contribution < 1.29 is 19.0 Å². The van der Waals surface area contributed by atoms with Crippen molar-refractivity contribution in [1.82, 2.24) is 0 Å². The van der Waals surface area contributed by atoms with E-state index in [1.807, 2.05) is 37.3 Å². The molecular weight excluding hydrogens is 372 g/mol. The third-order valence-corrected chi connectivity index (χ3v) is 3.96. The van der Waals surface area contributed by atoms with Gasteiger partial charge in [0.2, 0.25) is 0 Å². The molecule has 0 bridgehead atoms. The molecule has 0 heterocycles. The number of hydrogen-bond acceptors (Lipinski definition) is 4. The topological polar surface area (TPSA) is 44.8 Å². The maximum atomic E-state index is 11.2. The van der Waals surface area contributed by atoms with Gasteiger partial charge in [-0.15, -0.1) is 0 Å². The Hall–Kier alpha value is -2.27. The van der Waals surface area contributed by atoms with Gasteiger partial charge in [-0.2, -0.15) is 0 Å². The number of rotatable bonds is 6. The molecule has 2 aromatic rings. The number of aryl methyl sites for hydroxylation is 1. The zero-order valence-corrected chi connectivity index (χ0v) is 15.4. The lowest BCUT2D eigenvalue weighted by Gasteiger charge is -2.14. The van der Waals surface area contributed by atoms with Crippen LogP contribution in [0.3, 0.4) is 0 Å². The summed E-state index contributed by atoms with van der Waals surface area (Å²) in [6, 6.07) is 11.8. The summed E-state index contributed by atoms with van der Waals surface area (Å²) in [5.41, 5.74) is 3.08. The Bertz CT molecular complexity index is 736. The molecule has 2 aromatic carbocycles. The summed E-state index contributed by atoms with van der Waals surface area (Å²) in [6.45, 7) is 2.48. The summed E-state index contributed by atoms with van der Waals surface area (Å²) in [5.74, 6) is 0.791. The number of hydrogen-bond donors (Lipinski definition) is 0. The van der Waals surface area contributed by atoms with E-state index in [0.29, 0.717) is 18.1 Å². The quantitative estimate of drug-likeness (QED) is 0.536. The van der Waals surface area contributed by atoms with Crippen molar-refractivity contribution in [1.29, 1.82) is 0 Å². The van der Waals surface area contributed by atoms with Gasteiger partial charge >= 0.3 is 5.97 Å². The van der Waals surface area contributed by atoms with Gasteiger partial charge in [0.05, 0.1) is 18.7 Å². The molecule has 2 rings (SSSR count). The summed E-state index contributed by atoms with van der Waals surface area (Å²) in [7, 11) is 2.92. The first-order valence-electron chi connectivity index (χ1n) is 7.35. The minimum Gasteiger partial charge on any atom is -0.493 e. The largest absolute Gasteiger partial charge is 0.493 e. The van der Waals surface area contributed by atoms with Crippen LogP contribution in [0.25, 0.3) is 6.08 Å². The minimum atomic E-state index is -0.412. The van der Waals surface area contributed by atoms with Gasteiger partial charge in [0.15, 0.2) is 11.5 Å². The Morgan fingerprint density at radius 1 is 1.17 bits per heavy atom. The highest BCUT2D eigenvalue weighted by atomic mass is 79.9. The van der Waals surface area contributed by atoms with E-state index in [1.54, 1.807) is 19.3 Å². The lowest BCUT2D eigenvalue weighted by Crippen LogP contribution is -1.99. The molecule has 0 aliphatic heterocycles. The fraction of sp³-hybridized carbons (Fsp3) is 0.211. The van der Waals surface area contributed by atoms with Crippen LogP contribution in [0.5, 0.6) is 11.5 Å². The van der Waals surface area contributed by atoms with Crippen LogP contribution in [-0.2, 0) is 16.1 Å². The van der Waals surface area contributed by atoms with Crippen molar-refractivity contribution in [3.63, 3.8) is 0 Å². The van der Waals surface area contributed by atoms with Gasteiger partial charge in [-0.25, -0.2) is 4.79 Å². The van der Waals surface area contributed by atoms with Crippen LogP contribution in [0.2, 0.25) is 0 Å². The van der Waals surface area contributed by atoms with E-state index in [2.05, 4.69) is 20.7 Å². The third-order valence-electron chi connectivity index (χ3n) is 3.37. The van der Waals surface area contributed by atoms with Gasteiger partial charge in [0.25, 0.3) is 0 Å². The molecule has 0 unspecified atom stereocenters. The normalized spacial score (nSPS) is 10.7. The Balaban J connectivity index is 2.18. The molecule has 0 N–H and O–H groups in total. The number of methoxy groups -OCH3 is 2. The molecule has 0 saturated carbocycles. The first-order chi connectivity index (χ1) is 11.5. The van der Waals surface area contributed by atoms with Crippen molar-refractivity contribution in [3.8, 4) is 11.5 Å². The molecule has 0 fully saturated rings. The van der Waals surface area contributed by atoms with Gasteiger partial charge in [-0.3, -0.25) is 0 Å². The second-order valence-corrected chi connectivity index (χ2v) is 6.02. The van der Waals surface area contributed by atoms with Crippen LogP contribution >= 0.6 is 15.9 Å². The smallest absolute Gasteiger partial charge is 0.330 e. The standard InChI is InChI=1S/C19H19BrO4/c1-13-4-6-14(7-5-13)12-24-19-16(20)10-15(11-17(19)22-2)8-9-18(21)23-3/h4-11H,12H2,1-3H3/b9-8+. The van der Waals surface area contributed by atoms with E-state index in [-0.39, 0.29) is 0 Å². The van der Waals surface area contributed by atoms with E-state index >= 15 is 0 Å². The molecule has 126 valence electrons. The fourth-order valence-corrected chi connectivity index (χ4v) is 2.62. The Morgan fingerprint density at radius 3 is 2.50 bits per heavy atom. The lowest BCUT2D eigenvalue weighted by atomic mass is 10.1. The summed E-state index contributed by atoms with van der Waals surface area (Å²) in [4.78, 5) is 11.2. The van der Waals surface area contributed by atoms with E-state index < -0.39 is 5.97 Å². The molecule has 0 atom stereocenters. The number of benzene rings is 2. The van der Waals surface area contributed by atoms with Gasteiger partial charge in [0, 0.05) is 6.08 Å². The maximum Gasteiger partial charge on any atom is 0.330 e. The van der Waals surface area contributed by atoms with E-state index in [4.69, 9.17) is 9.47 Å². The predicted molar refractivity (Wildman–Crippen MR) is 97.3 cm³/mol. The molecule has 0 aliphatic carbocycles. The number of carbonyl (C=O) groups is 1. The van der Waals surface area contributed by atoms with Crippen molar-refractivity contribution in [2.24, 2.45) is 0 Å². The van der Waals surface area contributed by atoms with E-state index in [0.717, 1.165) is 15.6 Å². The molecule has 0 radical (unpaired) electrons. The number of carbonyl (C=O) groups excluding carboxylic acids is 1. The lowest BCUT2D eigenvalue weighted by molar-refractivity contribution is -0.134. The number of esters is 1. The van der Waals surface area contributed by atoms with Crippen molar-refractivity contribution in [2.75, 3.05) is 14.2 Å². The second-order valence-electron chi connectivity index (χ2n) is 5.16. The monoisotopic (exact) mass is 390 g/mol. The molecule has 0 aromatic heterocycles. The van der Waals surface area contributed by atoms with Gasteiger partial charge in [-0.1, -0.05) is 29.8 Å². The van der Waals surface area contributed by atoms with E-state index in [1.165, 1.54) is 18.7 Å². The van der Waals surface area contributed by atoms with Crippen LogP contribution in [0.4, 0.5) is 0 Å². The highest BCUT2D eigenvalue weighted by Crippen LogP contribution is 2.37. The summed E-state index contributed by atoms with van der Waals surface area (Å²) in [6.07, 6.45) is 3.01. The predicted octanol–water partition coefficient (Wildman–Crippen LogP) is 4.53. The summed E-state index contributed by atoms with van der Waals surface area (Å²) in [5, 5.41) is 0. The second kappa shape index (κ2) is 8.55. The van der Waals surface area contributed by atoms with Crippen LogP contribution in [-0.4, -0.2) is 20.2 Å². The Kier molecular flexibility index (Phi) is 6.44. The Morgan fingerprint density at radius 2 is 1.88 bits per heavy atom. The molecule has 0 spiro atoms. The van der Waals surface area contributed by atoms with Gasteiger partial charge < -0.3 is 14.2 Å². The maximum absolute atomic E-state index is 11.2. The first-order valence-corrected chi connectivity index (χ1v) is 8.14. The molecule has 0 saturated heterocycles. The molecule has 4 nitrogen and oxygen atoms in total. The van der Waals surface area contributed by atoms with Crippen LogP contribution in [0.15, 0.2) is 46.9 Å². The summed E-state index contributed by atoms with van der Waals surface area (Å²) >= 11 is 3.49. The number of halogens is 1. The fourth-order valence-electron chi connectivity index (χ4n) is 2.05. The summed E-state index contributed by atoms with van der Waals surface area (Å²) < 4.78 is 16.6. The highest BCUT2D eigenvalue weighted by Gasteiger charge is 2.11. The SMILES string of the molecule is COC(=O)/C=C/c1cc(Br)c(OCc2ccc(C)cc2)c(OC)c1. The zero-order valence-electron chi connectivity index (χ0n) is 13.8. The molecule has 24 heavy (non-hydrogen) atoms. The van der Waals surface area contributed by atoms with Crippen molar-refractivity contribution >= 4 is 28.0 Å². The zero-order chi connectivity index (χ0) is 17.5.